The SMILES string of the molecule is CC(C)[C@H]1NC(=O)C(C#Cc2ccc(C(F)(F)F)cc2)=CN1C(=O)c1ccccc1. The van der Waals surface area contributed by atoms with Gasteiger partial charge in [0.2, 0.25) is 0 Å². The molecule has 1 aliphatic heterocycles. The van der Waals surface area contributed by atoms with Crippen LogP contribution in [0.2, 0.25) is 0 Å². The molecule has 1 heterocycles. The third-order valence-corrected chi connectivity index (χ3v) is 4.53. The summed E-state index contributed by atoms with van der Waals surface area (Å²) in [5.74, 6) is 4.57. The third kappa shape index (κ3) is 4.71. The predicted molar refractivity (Wildman–Crippen MR) is 106 cm³/mol. The van der Waals surface area contributed by atoms with Crippen molar-refractivity contribution in [2.24, 2.45) is 5.92 Å². The quantitative estimate of drug-likeness (QED) is 0.752. The van der Waals surface area contributed by atoms with Crippen LogP contribution in [0.4, 0.5) is 13.2 Å². The highest BCUT2D eigenvalue weighted by Gasteiger charge is 2.33. The fourth-order valence-electron chi connectivity index (χ4n) is 2.93. The Labute approximate surface area is 172 Å². The topological polar surface area (TPSA) is 49.4 Å². The number of nitrogens with zero attached hydrogens (tertiary/aromatic N) is 1. The highest BCUT2D eigenvalue weighted by molar-refractivity contribution is 6.02. The number of nitrogens with one attached hydrogen (secondary N) is 1. The monoisotopic (exact) mass is 412 g/mol. The van der Waals surface area contributed by atoms with Crippen molar-refractivity contribution in [3.05, 3.63) is 83.1 Å². The molecule has 2 amide bonds. The molecule has 0 radical (unpaired) electrons. The van der Waals surface area contributed by atoms with Crippen molar-refractivity contribution in [1.82, 2.24) is 10.2 Å². The first-order valence-corrected chi connectivity index (χ1v) is 9.26. The second-order valence-electron chi connectivity index (χ2n) is 7.11. The van der Waals surface area contributed by atoms with Crippen molar-refractivity contribution in [3.63, 3.8) is 0 Å². The summed E-state index contributed by atoms with van der Waals surface area (Å²) < 4.78 is 38.0. The molecule has 30 heavy (non-hydrogen) atoms. The Hall–Kier alpha value is -3.53. The van der Waals surface area contributed by atoms with Crippen molar-refractivity contribution < 1.29 is 22.8 Å². The van der Waals surface area contributed by atoms with Gasteiger partial charge < -0.3 is 5.32 Å². The standard InChI is InChI=1S/C23H19F3N2O2/c1-15(2)20-27-21(29)18(14-28(20)22(30)17-6-4-3-5-7-17)11-8-16-9-12-19(13-10-16)23(24,25)26/h3-7,9-10,12-15,20H,1-2H3,(H,27,29)/t20-/m0/s1. The summed E-state index contributed by atoms with van der Waals surface area (Å²) in [4.78, 5) is 26.8. The average molecular weight is 412 g/mol. The Kier molecular flexibility index (Phi) is 5.97. The van der Waals surface area contributed by atoms with E-state index in [1.54, 1.807) is 30.3 Å². The summed E-state index contributed by atoms with van der Waals surface area (Å²) >= 11 is 0. The van der Waals surface area contributed by atoms with Gasteiger partial charge in [-0.2, -0.15) is 13.2 Å². The first-order valence-electron chi connectivity index (χ1n) is 9.26. The third-order valence-electron chi connectivity index (χ3n) is 4.53. The van der Waals surface area contributed by atoms with Gasteiger partial charge in [0.1, 0.15) is 11.7 Å². The van der Waals surface area contributed by atoms with E-state index in [-0.39, 0.29) is 17.4 Å². The van der Waals surface area contributed by atoms with Gasteiger partial charge in [0.05, 0.1) is 5.56 Å². The number of carbonyl (C=O) groups excluding carboxylic acids is 2. The minimum absolute atomic E-state index is 0.0519. The maximum absolute atomic E-state index is 12.9. The van der Waals surface area contributed by atoms with Gasteiger partial charge in [-0.05, 0) is 42.3 Å². The molecular formula is C23H19F3N2O2. The largest absolute Gasteiger partial charge is 0.416 e. The van der Waals surface area contributed by atoms with Crippen LogP contribution in [0, 0.1) is 17.8 Å². The van der Waals surface area contributed by atoms with Crippen molar-refractivity contribution >= 4 is 11.8 Å². The number of benzene rings is 2. The maximum Gasteiger partial charge on any atom is 0.416 e. The number of hydrogen-bond acceptors (Lipinski definition) is 2. The highest BCUT2D eigenvalue weighted by atomic mass is 19.4. The van der Waals surface area contributed by atoms with Crippen LogP contribution in [0.5, 0.6) is 0 Å². The van der Waals surface area contributed by atoms with Gasteiger partial charge in [-0.25, -0.2) is 0 Å². The first kappa shape index (κ1) is 21.2. The lowest BCUT2D eigenvalue weighted by atomic mass is 10.0. The Morgan fingerprint density at radius 2 is 1.67 bits per heavy atom. The van der Waals surface area contributed by atoms with Crippen LogP contribution in [0.15, 0.2) is 66.4 Å². The van der Waals surface area contributed by atoms with Crippen molar-refractivity contribution in [2.75, 3.05) is 0 Å². The van der Waals surface area contributed by atoms with E-state index in [1.807, 2.05) is 13.8 Å². The summed E-state index contributed by atoms with van der Waals surface area (Å²) in [6, 6.07) is 13.0. The molecule has 3 rings (SSSR count). The van der Waals surface area contributed by atoms with E-state index in [9.17, 15) is 22.8 Å². The van der Waals surface area contributed by atoms with Crippen molar-refractivity contribution in [1.29, 1.82) is 0 Å². The van der Waals surface area contributed by atoms with Gasteiger partial charge in [-0.1, -0.05) is 43.9 Å². The lowest BCUT2D eigenvalue weighted by Gasteiger charge is -2.35. The molecule has 0 spiro atoms. The Morgan fingerprint density at radius 3 is 2.23 bits per heavy atom. The zero-order valence-corrected chi connectivity index (χ0v) is 16.3. The number of hydrogen-bond donors (Lipinski definition) is 1. The number of halogens is 3. The lowest BCUT2D eigenvalue weighted by Crippen LogP contribution is -2.54. The second-order valence-corrected chi connectivity index (χ2v) is 7.11. The minimum atomic E-state index is -4.43. The van der Waals surface area contributed by atoms with Gasteiger partial charge >= 0.3 is 6.18 Å². The van der Waals surface area contributed by atoms with Gasteiger partial charge in [0.15, 0.2) is 0 Å². The summed E-state index contributed by atoms with van der Waals surface area (Å²) in [6.07, 6.45) is -3.57. The number of carbonyl (C=O) groups is 2. The zero-order valence-electron chi connectivity index (χ0n) is 16.3. The maximum atomic E-state index is 12.9. The van der Waals surface area contributed by atoms with Crippen LogP contribution in [0.1, 0.15) is 35.3 Å². The molecule has 154 valence electrons. The van der Waals surface area contributed by atoms with Gasteiger partial charge in [0.25, 0.3) is 11.8 Å². The van der Waals surface area contributed by atoms with Crippen LogP contribution >= 0.6 is 0 Å². The van der Waals surface area contributed by atoms with E-state index in [0.717, 1.165) is 12.1 Å². The molecule has 0 unspecified atom stereocenters. The van der Waals surface area contributed by atoms with Crippen LogP contribution < -0.4 is 5.32 Å². The smallest absolute Gasteiger partial charge is 0.331 e. The number of amides is 2. The fourth-order valence-corrected chi connectivity index (χ4v) is 2.93. The summed E-state index contributed by atoms with van der Waals surface area (Å²) in [5.41, 5.74) is 0.0624. The van der Waals surface area contributed by atoms with E-state index in [0.29, 0.717) is 11.1 Å². The lowest BCUT2D eigenvalue weighted by molar-refractivity contribution is -0.137. The second kappa shape index (κ2) is 8.46. The first-order chi connectivity index (χ1) is 14.2. The average Bonchev–Trinajstić information content (AvgIpc) is 2.72. The van der Waals surface area contributed by atoms with Gasteiger partial charge in [-0.15, -0.1) is 0 Å². The molecular weight excluding hydrogens is 393 g/mol. The molecule has 7 heteroatoms. The fraction of sp³-hybridized carbons (Fsp3) is 0.217. The normalized spacial score (nSPS) is 16.5. The highest BCUT2D eigenvalue weighted by Crippen LogP contribution is 2.29. The van der Waals surface area contributed by atoms with Crippen molar-refractivity contribution in [2.45, 2.75) is 26.2 Å². The van der Waals surface area contributed by atoms with Crippen molar-refractivity contribution in [3.8, 4) is 11.8 Å². The van der Waals surface area contributed by atoms with Crippen LogP contribution in [-0.4, -0.2) is 22.9 Å². The van der Waals surface area contributed by atoms with E-state index in [1.165, 1.54) is 23.2 Å². The Bertz CT molecular complexity index is 1030. The summed E-state index contributed by atoms with van der Waals surface area (Å²) in [7, 11) is 0. The van der Waals surface area contributed by atoms with Gasteiger partial charge in [-0.3, -0.25) is 14.5 Å². The van der Waals surface area contributed by atoms with Crippen LogP contribution in [0.3, 0.4) is 0 Å². The molecule has 0 saturated heterocycles. The number of rotatable bonds is 2. The van der Waals surface area contributed by atoms with E-state index in [2.05, 4.69) is 17.2 Å². The van der Waals surface area contributed by atoms with E-state index >= 15 is 0 Å². The molecule has 1 N–H and O–H groups in total. The molecule has 0 saturated carbocycles. The number of alkyl halides is 3. The Morgan fingerprint density at radius 1 is 1.03 bits per heavy atom. The molecule has 2 aromatic carbocycles. The molecule has 4 nitrogen and oxygen atoms in total. The van der Waals surface area contributed by atoms with E-state index in [4.69, 9.17) is 0 Å². The minimum Gasteiger partial charge on any atom is -0.331 e. The van der Waals surface area contributed by atoms with Crippen LogP contribution in [-0.2, 0) is 11.0 Å². The Balaban J connectivity index is 1.91. The van der Waals surface area contributed by atoms with Gasteiger partial charge in [0, 0.05) is 17.3 Å². The molecule has 0 aromatic heterocycles. The van der Waals surface area contributed by atoms with E-state index < -0.39 is 23.8 Å². The summed E-state index contributed by atoms with van der Waals surface area (Å²) in [6.45, 7) is 3.76. The molecule has 1 aliphatic rings. The molecule has 0 fully saturated rings. The predicted octanol–water partition coefficient (Wildman–Crippen LogP) is 4.20. The zero-order chi connectivity index (χ0) is 21.9. The molecule has 2 aromatic rings. The molecule has 0 aliphatic carbocycles. The molecule has 1 atom stereocenters. The summed E-state index contributed by atoms with van der Waals surface area (Å²) in [5, 5.41) is 2.78. The molecule has 0 bridgehead atoms. The van der Waals surface area contributed by atoms with Crippen LogP contribution in [0.25, 0.3) is 0 Å².